The van der Waals surface area contributed by atoms with Crippen LogP contribution in [0.4, 0.5) is 0 Å². The number of hydrogen-bond donors (Lipinski definition) is 1. The molecular formula is C13H10ClN3O3S. The SMILES string of the molecule is COC(=O)/C=C1/S/C(=N\N=Cc2ccccc2Cl)NC1=O. The number of thioether (sulfide) groups is 1. The van der Waals surface area contributed by atoms with Crippen molar-refractivity contribution in [2.24, 2.45) is 10.2 Å². The molecule has 8 heteroatoms. The number of ether oxygens (including phenoxy) is 1. The fourth-order valence-corrected chi connectivity index (χ4v) is 2.29. The van der Waals surface area contributed by atoms with E-state index in [9.17, 15) is 9.59 Å². The van der Waals surface area contributed by atoms with Gasteiger partial charge in [0.25, 0.3) is 5.91 Å². The summed E-state index contributed by atoms with van der Waals surface area (Å²) < 4.78 is 4.46. The topological polar surface area (TPSA) is 80.1 Å². The van der Waals surface area contributed by atoms with Gasteiger partial charge in [-0.05, 0) is 17.8 Å². The molecule has 1 aliphatic heterocycles. The molecule has 2 rings (SSSR count). The molecule has 0 spiro atoms. The first kappa shape index (κ1) is 15.3. The third-order valence-electron chi connectivity index (χ3n) is 2.35. The van der Waals surface area contributed by atoms with E-state index in [0.29, 0.717) is 10.6 Å². The van der Waals surface area contributed by atoms with E-state index in [-0.39, 0.29) is 10.1 Å². The highest BCUT2D eigenvalue weighted by molar-refractivity contribution is 8.18. The molecule has 1 aromatic carbocycles. The minimum atomic E-state index is -0.603. The second kappa shape index (κ2) is 7.05. The predicted molar refractivity (Wildman–Crippen MR) is 82.3 cm³/mol. The molecule has 1 N–H and O–H groups in total. The molecule has 108 valence electrons. The number of methoxy groups -OCH3 is 1. The molecule has 21 heavy (non-hydrogen) atoms. The zero-order valence-electron chi connectivity index (χ0n) is 10.9. The van der Waals surface area contributed by atoms with Crippen molar-refractivity contribution in [3.05, 3.63) is 45.8 Å². The lowest BCUT2D eigenvalue weighted by Gasteiger charge is -1.94. The number of rotatable bonds is 3. The largest absolute Gasteiger partial charge is 0.466 e. The summed E-state index contributed by atoms with van der Waals surface area (Å²) in [7, 11) is 1.24. The third-order valence-corrected chi connectivity index (χ3v) is 3.60. The van der Waals surface area contributed by atoms with Crippen LogP contribution in [0.3, 0.4) is 0 Å². The highest BCUT2D eigenvalue weighted by Gasteiger charge is 2.24. The molecule has 1 heterocycles. The Labute approximate surface area is 129 Å². The fraction of sp³-hybridized carbons (Fsp3) is 0.0769. The van der Waals surface area contributed by atoms with Gasteiger partial charge in [0.2, 0.25) is 0 Å². The third kappa shape index (κ3) is 4.17. The zero-order valence-corrected chi connectivity index (χ0v) is 12.4. The highest BCUT2D eigenvalue weighted by Crippen LogP contribution is 2.23. The van der Waals surface area contributed by atoms with Crippen LogP contribution in [0, 0.1) is 0 Å². The Kier molecular flexibility index (Phi) is 5.13. The minimum absolute atomic E-state index is 0.202. The van der Waals surface area contributed by atoms with Gasteiger partial charge in [-0.25, -0.2) is 4.79 Å². The van der Waals surface area contributed by atoms with Crippen molar-refractivity contribution in [2.45, 2.75) is 0 Å². The van der Waals surface area contributed by atoms with Crippen LogP contribution in [0.15, 0.2) is 45.4 Å². The number of amides is 1. The lowest BCUT2D eigenvalue weighted by molar-refractivity contribution is -0.135. The van der Waals surface area contributed by atoms with Gasteiger partial charge in [0.15, 0.2) is 5.17 Å². The molecule has 1 amide bonds. The van der Waals surface area contributed by atoms with Gasteiger partial charge in [0, 0.05) is 16.7 Å². The van der Waals surface area contributed by atoms with E-state index < -0.39 is 11.9 Å². The first-order valence-corrected chi connectivity index (χ1v) is 6.94. The number of hydrogen-bond acceptors (Lipinski definition) is 6. The molecule has 0 radical (unpaired) electrons. The quantitative estimate of drug-likeness (QED) is 0.399. The highest BCUT2D eigenvalue weighted by atomic mass is 35.5. The maximum Gasteiger partial charge on any atom is 0.331 e. The van der Waals surface area contributed by atoms with Crippen LogP contribution >= 0.6 is 23.4 Å². The molecule has 0 aromatic heterocycles. The summed E-state index contributed by atoms with van der Waals surface area (Å²) in [5, 5.41) is 11.0. The first-order chi connectivity index (χ1) is 10.1. The molecule has 0 aliphatic carbocycles. The maximum absolute atomic E-state index is 11.6. The minimum Gasteiger partial charge on any atom is -0.466 e. The summed E-state index contributed by atoms with van der Waals surface area (Å²) in [5.74, 6) is -1.02. The second-order valence-electron chi connectivity index (χ2n) is 3.76. The van der Waals surface area contributed by atoms with Crippen molar-refractivity contribution >= 4 is 46.6 Å². The van der Waals surface area contributed by atoms with Crippen molar-refractivity contribution in [3.8, 4) is 0 Å². The van der Waals surface area contributed by atoms with Crippen LogP contribution in [0.2, 0.25) is 5.02 Å². The van der Waals surface area contributed by atoms with Crippen molar-refractivity contribution in [1.29, 1.82) is 0 Å². The van der Waals surface area contributed by atoms with Crippen molar-refractivity contribution < 1.29 is 14.3 Å². The number of halogens is 1. The molecule has 1 aromatic rings. The molecule has 0 atom stereocenters. The number of nitrogens with one attached hydrogen (secondary N) is 1. The summed E-state index contributed by atoms with van der Waals surface area (Å²) in [6.45, 7) is 0. The van der Waals surface area contributed by atoms with Crippen LogP contribution in [0.25, 0.3) is 0 Å². The van der Waals surface area contributed by atoms with E-state index in [1.54, 1.807) is 12.1 Å². The number of amidine groups is 1. The van der Waals surface area contributed by atoms with Crippen LogP contribution in [0.1, 0.15) is 5.56 Å². The lowest BCUT2D eigenvalue weighted by atomic mass is 10.2. The van der Waals surface area contributed by atoms with Gasteiger partial charge in [-0.2, -0.15) is 5.10 Å². The fourth-order valence-electron chi connectivity index (χ4n) is 1.36. The Morgan fingerprint density at radius 2 is 2.19 bits per heavy atom. The Morgan fingerprint density at radius 3 is 2.90 bits per heavy atom. The normalized spacial score (nSPS) is 18.5. The molecule has 0 saturated carbocycles. The van der Waals surface area contributed by atoms with Gasteiger partial charge in [0.1, 0.15) is 0 Å². The molecule has 0 unspecified atom stereocenters. The Bertz CT molecular complexity index is 670. The van der Waals surface area contributed by atoms with Crippen LogP contribution < -0.4 is 5.32 Å². The van der Waals surface area contributed by atoms with E-state index in [1.165, 1.54) is 13.3 Å². The Balaban J connectivity index is 2.07. The number of carbonyl (C=O) groups excluding carboxylic acids is 2. The van der Waals surface area contributed by atoms with Crippen LogP contribution in [-0.4, -0.2) is 30.4 Å². The summed E-state index contributed by atoms with van der Waals surface area (Å²) in [5.41, 5.74) is 0.711. The molecule has 1 aliphatic rings. The second-order valence-corrected chi connectivity index (χ2v) is 5.20. The Morgan fingerprint density at radius 1 is 1.43 bits per heavy atom. The maximum atomic E-state index is 11.6. The molecule has 0 bridgehead atoms. The van der Waals surface area contributed by atoms with Crippen molar-refractivity contribution in [1.82, 2.24) is 5.32 Å². The average molecular weight is 324 g/mol. The standard InChI is InChI=1S/C13H10ClN3O3S/c1-20-11(18)6-10-12(19)16-13(21-10)17-15-7-8-4-2-3-5-9(8)14/h2-7H,1H3,(H,16,17,19)/b10-6+,15-7?. The van der Waals surface area contributed by atoms with E-state index in [0.717, 1.165) is 17.8 Å². The lowest BCUT2D eigenvalue weighted by Crippen LogP contribution is -2.19. The van der Waals surface area contributed by atoms with E-state index in [2.05, 4.69) is 20.3 Å². The number of benzene rings is 1. The van der Waals surface area contributed by atoms with Gasteiger partial charge in [0.05, 0.1) is 18.2 Å². The molecule has 6 nitrogen and oxygen atoms in total. The van der Waals surface area contributed by atoms with Gasteiger partial charge in [-0.1, -0.05) is 29.8 Å². The summed E-state index contributed by atoms with van der Waals surface area (Å²) in [4.78, 5) is 22.8. The van der Waals surface area contributed by atoms with Crippen molar-refractivity contribution in [3.63, 3.8) is 0 Å². The van der Waals surface area contributed by atoms with Crippen molar-refractivity contribution in [2.75, 3.05) is 7.11 Å². The Hall–Kier alpha value is -2.12. The van der Waals surface area contributed by atoms with Gasteiger partial charge in [-0.15, -0.1) is 5.10 Å². The van der Waals surface area contributed by atoms with Gasteiger partial charge < -0.3 is 4.74 Å². The first-order valence-electron chi connectivity index (χ1n) is 5.74. The van der Waals surface area contributed by atoms with E-state index in [1.807, 2.05) is 12.1 Å². The van der Waals surface area contributed by atoms with E-state index >= 15 is 0 Å². The zero-order chi connectivity index (χ0) is 15.2. The van der Waals surface area contributed by atoms with Crippen LogP contribution in [0.5, 0.6) is 0 Å². The molecular weight excluding hydrogens is 314 g/mol. The monoisotopic (exact) mass is 323 g/mol. The van der Waals surface area contributed by atoms with Gasteiger partial charge in [-0.3, -0.25) is 10.1 Å². The number of carbonyl (C=O) groups is 2. The summed E-state index contributed by atoms with van der Waals surface area (Å²) >= 11 is 6.97. The molecule has 1 fully saturated rings. The smallest absolute Gasteiger partial charge is 0.331 e. The van der Waals surface area contributed by atoms with Crippen LogP contribution in [-0.2, 0) is 14.3 Å². The summed E-state index contributed by atoms with van der Waals surface area (Å²) in [6, 6.07) is 7.15. The summed E-state index contributed by atoms with van der Waals surface area (Å²) in [6.07, 6.45) is 2.57. The number of esters is 1. The molecule has 1 saturated heterocycles. The number of nitrogens with zero attached hydrogens (tertiary/aromatic N) is 2. The predicted octanol–water partition coefficient (Wildman–Crippen LogP) is 1.95. The van der Waals surface area contributed by atoms with Gasteiger partial charge >= 0.3 is 5.97 Å². The van der Waals surface area contributed by atoms with E-state index in [4.69, 9.17) is 11.6 Å². The average Bonchev–Trinajstić information content (AvgIpc) is 2.81.